The highest BCUT2D eigenvalue weighted by Crippen LogP contribution is 2.23. The predicted molar refractivity (Wildman–Crippen MR) is 80.1 cm³/mol. The van der Waals surface area contributed by atoms with Gasteiger partial charge >= 0.3 is 0 Å². The van der Waals surface area contributed by atoms with E-state index in [0.717, 1.165) is 22.5 Å². The first-order chi connectivity index (χ1) is 9.20. The molecule has 0 radical (unpaired) electrons. The van der Waals surface area contributed by atoms with Crippen molar-refractivity contribution >= 4 is 22.6 Å². The molecule has 0 unspecified atom stereocenters. The molecular weight excluding hydrogens is 256 g/mol. The number of alkyl halides is 1. The average molecular weight is 271 g/mol. The van der Waals surface area contributed by atoms with Gasteiger partial charge in [0, 0.05) is 5.69 Å². The van der Waals surface area contributed by atoms with Crippen LogP contribution in [-0.2, 0) is 5.88 Å². The van der Waals surface area contributed by atoms with Gasteiger partial charge in [-0.2, -0.15) is 0 Å². The maximum absolute atomic E-state index is 6.04. The maximum Gasteiger partial charge on any atom is 0.129 e. The predicted octanol–water partition coefficient (Wildman–Crippen LogP) is 4.38. The van der Waals surface area contributed by atoms with Gasteiger partial charge in [0.15, 0.2) is 0 Å². The van der Waals surface area contributed by atoms with E-state index in [1.807, 2.05) is 18.2 Å². The first-order valence-electron chi connectivity index (χ1n) is 6.30. The van der Waals surface area contributed by atoms with Gasteiger partial charge in [0.2, 0.25) is 0 Å². The first kappa shape index (κ1) is 12.2. The lowest BCUT2D eigenvalue weighted by molar-refractivity contribution is 0.978. The van der Waals surface area contributed by atoms with Crippen LogP contribution in [0.1, 0.15) is 17.0 Å². The summed E-state index contributed by atoms with van der Waals surface area (Å²) in [5, 5.41) is 0. The van der Waals surface area contributed by atoms with Crippen LogP contribution in [0.15, 0.2) is 42.5 Å². The molecule has 2 aromatic carbocycles. The molecule has 19 heavy (non-hydrogen) atoms. The van der Waals surface area contributed by atoms with E-state index < -0.39 is 0 Å². The topological polar surface area (TPSA) is 17.8 Å². The van der Waals surface area contributed by atoms with Crippen LogP contribution < -0.4 is 0 Å². The van der Waals surface area contributed by atoms with Gasteiger partial charge in [-0.05, 0) is 49.2 Å². The minimum atomic E-state index is 0.404. The summed E-state index contributed by atoms with van der Waals surface area (Å²) in [5.41, 5.74) is 5.77. The second-order valence-corrected chi connectivity index (χ2v) is 5.02. The Labute approximate surface area is 117 Å². The van der Waals surface area contributed by atoms with Gasteiger partial charge in [0.25, 0.3) is 0 Å². The molecule has 0 bridgehead atoms. The summed E-state index contributed by atoms with van der Waals surface area (Å²) in [4.78, 5) is 4.59. The van der Waals surface area contributed by atoms with E-state index in [0.29, 0.717) is 5.88 Å². The zero-order chi connectivity index (χ0) is 13.4. The van der Waals surface area contributed by atoms with Crippen molar-refractivity contribution in [1.29, 1.82) is 0 Å². The average Bonchev–Trinajstić information content (AvgIpc) is 2.80. The minimum Gasteiger partial charge on any atom is -0.295 e. The van der Waals surface area contributed by atoms with E-state index in [4.69, 9.17) is 11.6 Å². The van der Waals surface area contributed by atoms with Gasteiger partial charge in [-0.3, -0.25) is 4.57 Å². The molecule has 3 aromatic rings. The molecule has 0 spiro atoms. The highest BCUT2D eigenvalue weighted by molar-refractivity contribution is 6.17. The van der Waals surface area contributed by atoms with Gasteiger partial charge in [-0.25, -0.2) is 4.98 Å². The Bertz CT molecular complexity index is 744. The molecule has 1 aromatic heterocycles. The smallest absolute Gasteiger partial charge is 0.129 e. The van der Waals surface area contributed by atoms with Crippen LogP contribution in [0.5, 0.6) is 0 Å². The number of fused-ring (bicyclic) bond motifs is 1. The number of hydrogen-bond donors (Lipinski definition) is 0. The molecular formula is C16H15ClN2. The molecule has 0 fully saturated rings. The minimum absolute atomic E-state index is 0.404. The first-order valence-corrected chi connectivity index (χ1v) is 6.84. The zero-order valence-electron chi connectivity index (χ0n) is 11.0. The summed E-state index contributed by atoms with van der Waals surface area (Å²) in [6.07, 6.45) is 0. The molecule has 0 atom stereocenters. The van der Waals surface area contributed by atoms with Crippen molar-refractivity contribution < 1.29 is 0 Å². The molecule has 96 valence electrons. The number of aromatic nitrogens is 2. The van der Waals surface area contributed by atoms with Crippen LogP contribution in [0.25, 0.3) is 16.7 Å². The van der Waals surface area contributed by atoms with Crippen molar-refractivity contribution in [2.24, 2.45) is 0 Å². The Hall–Kier alpha value is -1.80. The van der Waals surface area contributed by atoms with E-state index in [2.05, 4.69) is 47.7 Å². The van der Waals surface area contributed by atoms with Crippen molar-refractivity contribution in [2.45, 2.75) is 19.7 Å². The monoisotopic (exact) mass is 270 g/mol. The number of rotatable bonds is 2. The number of aryl methyl sites for hydroxylation is 2. The Morgan fingerprint density at radius 3 is 2.58 bits per heavy atom. The summed E-state index contributed by atoms with van der Waals surface area (Å²) < 4.78 is 2.13. The van der Waals surface area contributed by atoms with E-state index in [9.17, 15) is 0 Å². The lowest BCUT2D eigenvalue weighted by Gasteiger charge is -2.10. The number of halogens is 1. The second-order valence-electron chi connectivity index (χ2n) is 4.75. The molecule has 0 saturated carbocycles. The highest BCUT2D eigenvalue weighted by atomic mass is 35.5. The third kappa shape index (κ3) is 2.02. The van der Waals surface area contributed by atoms with Gasteiger partial charge in [0.05, 0.1) is 16.9 Å². The van der Waals surface area contributed by atoms with Crippen LogP contribution in [-0.4, -0.2) is 9.55 Å². The highest BCUT2D eigenvalue weighted by Gasteiger charge is 2.11. The van der Waals surface area contributed by atoms with Crippen LogP contribution in [0, 0.1) is 13.8 Å². The van der Waals surface area contributed by atoms with Crippen LogP contribution in [0.3, 0.4) is 0 Å². The standard InChI is InChI=1S/C16H15ClN2/c1-11-7-8-13(9-12(11)2)19-15-6-4-3-5-14(15)18-16(19)10-17/h3-9H,10H2,1-2H3. The number of benzene rings is 2. The summed E-state index contributed by atoms with van der Waals surface area (Å²) in [7, 11) is 0. The van der Waals surface area contributed by atoms with Crippen LogP contribution in [0.4, 0.5) is 0 Å². The lowest BCUT2D eigenvalue weighted by Crippen LogP contribution is -2.00. The second kappa shape index (κ2) is 4.71. The molecule has 3 rings (SSSR count). The van der Waals surface area contributed by atoms with E-state index >= 15 is 0 Å². The molecule has 0 N–H and O–H groups in total. The van der Waals surface area contributed by atoms with E-state index in [-0.39, 0.29) is 0 Å². The molecule has 0 aliphatic rings. The van der Waals surface area contributed by atoms with Gasteiger partial charge < -0.3 is 0 Å². The number of imidazole rings is 1. The normalized spacial score (nSPS) is 11.1. The third-order valence-electron chi connectivity index (χ3n) is 3.50. The molecule has 1 heterocycles. The van der Waals surface area contributed by atoms with Crippen molar-refractivity contribution in [1.82, 2.24) is 9.55 Å². The molecule has 0 aliphatic carbocycles. The largest absolute Gasteiger partial charge is 0.295 e. The number of hydrogen-bond acceptors (Lipinski definition) is 1. The van der Waals surface area contributed by atoms with Crippen LogP contribution >= 0.6 is 11.6 Å². The van der Waals surface area contributed by atoms with Gasteiger partial charge in [-0.1, -0.05) is 18.2 Å². The Kier molecular flexibility index (Phi) is 3.03. The summed E-state index contributed by atoms with van der Waals surface area (Å²) in [6, 6.07) is 14.6. The summed E-state index contributed by atoms with van der Waals surface area (Å²) >= 11 is 6.04. The van der Waals surface area contributed by atoms with E-state index in [1.54, 1.807) is 0 Å². The summed E-state index contributed by atoms with van der Waals surface area (Å²) in [6.45, 7) is 4.24. The van der Waals surface area contributed by atoms with Gasteiger partial charge in [-0.15, -0.1) is 11.6 Å². The SMILES string of the molecule is Cc1ccc(-n2c(CCl)nc3ccccc32)cc1C. The fraction of sp³-hybridized carbons (Fsp3) is 0.188. The molecule has 0 aliphatic heterocycles. The Balaban J connectivity index is 2.31. The molecule has 2 nitrogen and oxygen atoms in total. The van der Waals surface area contributed by atoms with Crippen LogP contribution in [0.2, 0.25) is 0 Å². The fourth-order valence-corrected chi connectivity index (χ4v) is 2.50. The summed E-state index contributed by atoms with van der Waals surface area (Å²) in [5.74, 6) is 1.29. The Morgan fingerprint density at radius 2 is 1.84 bits per heavy atom. The van der Waals surface area contributed by atoms with Crippen molar-refractivity contribution in [3.05, 3.63) is 59.4 Å². The van der Waals surface area contributed by atoms with Crippen molar-refractivity contribution in [2.75, 3.05) is 0 Å². The van der Waals surface area contributed by atoms with Gasteiger partial charge in [0.1, 0.15) is 5.82 Å². The Morgan fingerprint density at radius 1 is 1.05 bits per heavy atom. The number of para-hydroxylation sites is 2. The maximum atomic E-state index is 6.04. The third-order valence-corrected chi connectivity index (χ3v) is 3.74. The molecule has 3 heteroatoms. The van der Waals surface area contributed by atoms with E-state index in [1.165, 1.54) is 11.1 Å². The molecule has 0 amide bonds. The number of nitrogens with zero attached hydrogens (tertiary/aromatic N) is 2. The quantitative estimate of drug-likeness (QED) is 0.632. The molecule has 0 saturated heterocycles. The van der Waals surface area contributed by atoms with Crippen molar-refractivity contribution in [3.8, 4) is 5.69 Å². The van der Waals surface area contributed by atoms with Crippen molar-refractivity contribution in [3.63, 3.8) is 0 Å². The fourth-order valence-electron chi connectivity index (χ4n) is 2.32. The lowest BCUT2D eigenvalue weighted by atomic mass is 10.1. The zero-order valence-corrected chi connectivity index (χ0v) is 11.8.